The first kappa shape index (κ1) is 26.2. The second kappa shape index (κ2) is 11.4. The average Bonchev–Trinajstić information content (AvgIpc) is 3.31. The van der Waals surface area contributed by atoms with Crippen molar-refractivity contribution in [3.8, 4) is 22.8 Å². The Kier molecular flexibility index (Phi) is 8.08. The normalized spacial score (nSPS) is 11.6. The molecule has 0 unspecified atom stereocenters. The average molecular weight is 514 g/mol. The molecule has 1 aromatic heterocycles. The number of carbonyl (C=O) groups is 1. The van der Waals surface area contributed by atoms with Gasteiger partial charge >= 0.3 is 0 Å². The third-order valence-corrected chi connectivity index (χ3v) is 6.68. The summed E-state index contributed by atoms with van der Waals surface area (Å²) < 4.78 is 7.28. The first-order chi connectivity index (χ1) is 17.7. The van der Waals surface area contributed by atoms with E-state index < -0.39 is 0 Å². The molecule has 4 rings (SSSR count). The highest BCUT2D eigenvalue weighted by Gasteiger charge is 2.19. The van der Waals surface area contributed by atoms with Gasteiger partial charge in [0.05, 0.1) is 19.1 Å². The Balaban J connectivity index is 1.55. The van der Waals surface area contributed by atoms with E-state index in [9.17, 15) is 4.79 Å². The Bertz CT molecular complexity index is 1390. The topological polar surface area (TPSA) is 81.4 Å². The molecule has 3 aromatic carbocycles. The Hall–Kier alpha value is -3.91. The third kappa shape index (κ3) is 6.65. The molecule has 190 valence electrons. The minimum atomic E-state index is -0.228. The van der Waals surface area contributed by atoms with Crippen molar-refractivity contribution in [3.05, 3.63) is 89.5 Å². The molecular formula is C29H31N5O2S. The van der Waals surface area contributed by atoms with Gasteiger partial charge in [0.2, 0.25) is 0 Å². The molecule has 0 fully saturated rings. The molecule has 1 amide bonds. The van der Waals surface area contributed by atoms with Crippen LogP contribution in [0.1, 0.15) is 37.5 Å². The Labute approximate surface area is 222 Å². The van der Waals surface area contributed by atoms with E-state index in [1.807, 2.05) is 60.0 Å². The third-order valence-electron chi connectivity index (χ3n) is 5.75. The summed E-state index contributed by atoms with van der Waals surface area (Å²) in [6.07, 6.45) is 1.63. The maximum atomic E-state index is 12.5. The molecule has 1 N–H and O–H groups in total. The molecule has 7 nitrogen and oxygen atoms in total. The van der Waals surface area contributed by atoms with Gasteiger partial charge in [-0.05, 0) is 47.7 Å². The predicted octanol–water partition coefficient (Wildman–Crippen LogP) is 5.79. The maximum absolute atomic E-state index is 12.5. The summed E-state index contributed by atoms with van der Waals surface area (Å²) in [4.78, 5) is 12.5. The number of benzene rings is 3. The Morgan fingerprint density at radius 1 is 1.05 bits per heavy atom. The molecule has 0 aliphatic heterocycles. The molecule has 0 radical (unpaired) electrons. The molecule has 0 saturated carbocycles. The fourth-order valence-corrected chi connectivity index (χ4v) is 4.47. The van der Waals surface area contributed by atoms with Gasteiger partial charge in [-0.3, -0.25) is 9.36 Å². The van der Waals surface area contributed by atoms with E-state index in [0.717, 1.165) is 28.1 Å². The lowest BCUT2D eigenvalue weighted by Crippen LogP contribution is -2.20. The predicted molar refractivity (Wildman–Crippen MR) is 150 cm³/mol. The number of aryl methyl sites for hydroxylation is 1. The van der Waals surface area contributed by atoms with Crippen LogP contribution in [0.25, 0.3) is 17.1 Å². The van der Waals surface area contributed by atoms with E-state index in [2.05, 4.69) is 65.8 Å². The van der Waals surface area contributed by atoms with Gasteiger partial charge < -0.3 is 4.74 Å². The quantitative estimate of drug-likeness (QED) is 0.183. The van der Waals surface area contributed by atoms with Crippen molar-refractivity contribution < 1.29 is 9.53 Å². The number of hydrazone groups is 1. The molecule has 0 bridgehead atoms. The van der Waals surface area contributed by atoms with Crippen LogP contribution >= 0.6 is 11.8 Å². The molecule has 0 aliphatic rings. The second-order valence-electron chi connectivity index (χ2n) is 9.66. The molecule has 0 atom stereocenters. The van der Waals surface area contributed by atoms with Crippen LogP contribution < -0.4 is 10.2 Å². The van der Waals surface area contributed by atoms with Crippen LogP contribution in [0.2, 0.25) is 0 Å². The Morgan fingerprint density at radius 2 is 1.78 bits per heavy atom. The molecule has 4 aromatic rings. The van der Waals surface area contributed by atoms with Gasteiger partial charge in [0.25, 0.3) is 5.91 Å². The van der Waals surface area contributed by atoms with E-state index in [4.69, 9.17) is 4.74 Å². The number of amides is 1. The van der Waals surface area contributed by atoms with Crippen molar-refractivity contribution in [2.75, 3.05) is 12.9 Å². The molecule has 8 heteroatoms. The van der Waals surface area contributed by atoms with E-state index in [-0.39, 0.29) is 17.1 Å². The van der Waals surface area contributed by atoms with Crippen LogP contribution in [-0.2, 0) is 10.2 Å². The summed E-state index contributed by atoms with van der Waals surface area (Å²) in [6.45, 7) is 8.57. The van der Waals surface area contributed by atoms with Gasteiger partial charge in [-0.2, -0.15) is 5.10 Å². The largest absolute Gasteiger partial charge is 0.497 e. The lowest BCUT2D eigenvalue weighted by molar-refractivity contribution is -0.118. The molecule has 1 heterocycles. The van der Waals surface area contributed by atoms with Crippen LogP contribution in [-0.4, -0.2) is 39.7 Å². The zero-order valence-corrected chi connectivity index (χ0v) is 22.5. The monoisotopic (exact) mass is 513 g/mol. The highest BCUT2D eigenvalue weighted by molar-refractivity contribution is 7.99. The lowest BCUT2D eigenvalue weighted by atomic mass is 9.87. The molecule has 0 spiro atoms. The minimum absolute atomic E-state index is 0.0540. The first-order valence-electron chi connectivity index (χ1n) is 12.0. The zero-order chi connectivity index (χ0) is 26.4. The van der Waals surface area contributed by atoms with Crippen molar-refractivity contribution in [1.29, 1.82) is 0 Å². The van der Waals surface area contributed by atoms with Crippen molar-refractivity contribution in [2.24, 2.45) is 5.10 Å². The zero-order valence-electron chi connectivity index (χ0n) is 21.7. The smallest absolute Gasteiger partial charge is 0.250 e. The molecule has 37 heavy (non-hydrogen) atoms. The van der Waals surface area contributed by atoms with E-state index in [0.29, 0.717) is 11.0 Å². The number of ether oxygens (including phenoxy) is 1. The summed E-state index contributed by atoms with van der Waals surface area (Å²) >= 11 is 1.30. The highest BCUT2D eigenvalue weighted by atomic mass is 32.2. The van der Waals surface area contributed by atoms with Crippen molar-refractivity contribution in [1.82, 2.24) is 20.2 Å². The summed E-state index contributed by atoms with van der Waals surface area (Å²) in [6, 6.07) is 23.9. The number of hydrogen-bond donors (Lipinski definition) is 1. The number of methoxy groups -OCH3 is 1. The minimum Gasteiger partial charge on any atom is -0.497 e. The van der Waals surface area contributed by atoms with Gasteiger partial charge in [0.1, 0.15) is 5.75 Å². The molecule has 0 aliphatic carbocycles. The number of hydrogen-bond acceptors (Lipinski definition) is 6. The summed E-state index contributed by atoms with van der Waals surface area (Å²) in [5.41, 5.74) is 7.76. The lowest BCUT2D eigenvalue weighted by Gasteiger charge is -2.19. The van der Waals surface area contributed by atoms with Gasteiger partial charge in [-0.25, -0.2) is 5.43 Å². The van der Waals surface area contributed by atoms with Crippen molar-refractivity contribution in [2.45, 2.75) is 38.3 Å². The fourth-order valence-electron chi connectivity index (χ4n) is 3.73. The molecule has 0 saturated heterocycles. The van der Waals surface area contributed by atoms with Gasteiger partial charge in [0.15, 0.2) is 11.0 Å². The summed E-state index contributed by atoms with van der Waals surface area (Å²) in [5, 5.41) is 13.6. The van der Waals surface area contributed by atoms with E-state index in [1.54, 1.807) is 13.3 Å². The number of thioether (sulfide) groups is 1. The summed E-state index contributed by atoms with van der Waals surface area (Å²) in [5.74, 6) is 1.37. The number of rotatable bonds is 8. The van der Waals surface area contributed by atoms with Gasteiger partial charge in [-0.1, -0.05) is 86.6 Å². The van der Waals surface area contributed by atoms with E-state index >= 15 is 0 Å². The van der Waals surface area contributed by atoms with Gasteiger partial charge in [0, 0.05) is 11.3 Å². The van der Waals surface area contributed by atoms with Crippen LogP contribution in [0.3, 0.4) is 0 Å². The van der Waals surface area contributed by atoms with Crippen molar-refractivity contribution >= 4 is 23.9 Å². The summed E-state index contributed by atoms with van der Waals surface area (Å²) in [7, 11) is 1.64. The molecular weight excluding hydrogens is 482 g/mol. The van der Waals surface area contributed by atoms with E-state index in [1.165, 1.54) is 17.3 Å². The second-order valence-corrected chi connectivity index (χ2v) is 10.6. The van der Waals surface area contributed by atoms with Crippen molar-refractivity contribution in [3.63, 3.8) is 0 Å². The SMILES string of the molecule is COc1ccc(-n2c(SCC(=O)NN=Cc3cccc(C)c3)nnc2-c2ccc(C(C)(C)C)cc2)cc1. The number of nitrogens with one attached hydrogen (secondary N) is 1. The first-order valence-corrected chi connectivity index (χ1v) is 13.0. The number of carbonyl (C=O) groups excluding carboxylic acids is 1. The standard InChI is InChI=1S/C29H31N5O2S/c1-20-7-6-8-21(17-20)18-30-31-26(35)19-37-28-33-32-27(22-9-11-23(12-10-22)29(2,3)4)34(28)24-13-15-25(36-5)16-14-24/h6-18H,19H2,1-5H3,(H,31,35). The Morgan fingerprint density at radius 3 is 2.43 bits per heavy atom. The van der Waals surface area contributed by atoms with Crippen LogP contribution in [0.4, 0.5) is 0 Å². The number of nitrogens with zero attached hydrogens (tertiary/aromatic N) is 4. The highest BCUT2D eigenvalue weighted by Crippen LogP contribution is 2.30. The maximum Gasteiger partial charge on any atom is 0.250 e. The van der Waals surface area contributed by atoms with Crippen LogP contribution in [0.5, 0.6) is 5.75 Å². The van der Waals surface area contributed by atoms with Gasteiger partial charge in [-0.15, -0.1) is 10.2 Å². The fraction of sp³-hybridized carbons (Fsp3) is 0.241. The van der Waals surface area contributed by atoms with Crippen LogP contribution in [0, 0.1) is 6.92 Å². The number of aromatic nitrogens is 3. The van der Waals surface area contributed by atoms with Crippen LogP contribution in [0.15, 0.2) is 83.1 Å².